The molecule has 0 unspecified atom stereocenters. The summed E-state index contributed by atoms with van der Waals surface area (Å²) in [4.78, 5) is 11.6. The van der Waals surface area contributed by atoms with Crippen LogP contribution < -0.4 is 5.32 Å². The van der Waals surface area contributed by atoms with Crippen molar-refractivity contribution in [1.29, 1.82) is 0 Å². The van der Waals surface area contributed by atoms with Gasteiger partial charge >= 0.3 is 0 Å². The van der Waals surface area contributed by atoms with Crippen LogP contribution in [0.25, 0.3) is 11.0 Å². The van der Waals surface area contributed by atoms with Crippen LogP contribution in [-0.2, 0) is 21.2 Å². The Hall–Kier alpha value is -1.82. The van der Waals surface area contributed by atoms with Gasteiger partial charge in [0, 0.05) is 11.6 Å². The van der Waals surface area contributed by atoms with E-state index in [0.29, 0.717) is 5.76 Å². The Labute approximate surface area is 111 Å². The minimum atomic E-state index is -3.37. The molecule has 2 aromatic rings. The Morgan fingerprint density at radius 2 is 2.05 bits per heavy atom. The first-order valence-electron chi connectivity index (χ1n) is 5.82. The van der Waals surface area contributed by atoms with E-state index in [9.17, 15) is 13.2 Å². The molecule has 1 N–H and O–H groups in total. The molecule has 0 spiro atoms. The molecule has 1 aromatic carbocycles. The van der Waals surface area contributed by atoms with Crippen molar-refractivity contribution in [3.05, 3.63) is 36.1 Å². The number of nitrogens with one attached hydrogen (secondary N) is 1. The molecule has 0 saturated carbocycles. The molecule has 5 nitrogen and oxygen atoms in total. The highest BCUT2D eigenvalue weighted by molar-refractivity contribution is 7.92. The summed E-state index contributed by atoms with van der Waals surface area (Å²) >= 11 is 0. The number of hydrogen-bond donors (Lipinski definition) is 1. The number of hydrogen-bond acceptors (Lipinski definition) is 4. The molecule has 1 aromatic heterocycles. The predicted molar refractivity (Wildman–Crippen MR) is 72.4 cm³/mol. The molecule has 0 aliphatic rings. The molecular formula is C13H15NO4S. The lowest BCUT2D eigenvalue weighted by atomic mass is 10.2. The number of rotatable bonds is 4. The van der Waals surface area contributed by atoms with E-state index in [1.807, 2.05) is 30.3 Å². The highest BCUT2D eigenvalue weighted by atomic mass is 32.2. The Bertz CT molecular complexity index is 669. The van der Waals surface area contributed by atoms with E-state index in [1.54, 1.807) is 0 Å². The van der Waals surface area contributed by atoms with Crippen LogP contribution in [0, 0.1) is 0 Å². The molecule has 1 heterocycles. The third kappa shape index (κ3) is 3.14. The second kappa shape index (κ2) is 5.05. The fourth-order valence-electron chi connectivity index (χ4n) is 1.64. The van der Waals surface area contributed by atoms with Gasteiger partial charge in [-0.2, -0.15) is 0 Å². The lowest BCUT2D eigenvalue weighted by Crippen LogP contribution is -2.36. The van der Waals surface area contributed by atoms with Gasteiger partial charge < -0.3 is 9.73 Å². The summed E-state index contributed by atoms with van der Waals surface area (Å²) in [6.45, 7) is 1.54. The second-order valence-electron chi connectivity index (χ2n) is 4.44. The van der Waals surface area contributed by atoms with E-state index < -0.39 is 21.0 Å². The van der Waals surface area contributed by atoms with Crippen molar-refractivity contribution >= 4 is 26.7 Å². The lowest BCUT2D eigenvalue weighted by Gasteiger charge is -2.08. The zero-order valence-electron chi connectivity index (χ0n) is 10.7. The van der Waals surface area contributed by atoms with Crippen molar-refractivity contribution in [3.8, 4) is 0 Å². The number of para-hydroxylation sites is 1. The van der Waals surface area contributed by atoms with Crippen LogP contribution in [0.2, 0.25) is 0 Å². The molecule has 0 bridgehead atoms. The zero-order valence-corrected chi connectivity index (χ0v) is 11.5. The SMILES string of the molecule is C[C@H](C(=O)NCc1cc2ccccc2o1)S(C)(=O)=O. The van der Waals surface area contributed by atoms with Gasteiger partial charge in [-0.15, -0.1) is 0 Å². The maximum atomic E-state index is 11.6. The quantitative estimate of drug-likeness (QED) is 0.921. The number of benzene rings is 1. The fourth-order valence-corrected chi connectivity index (χ4v) is 2.11. The Morgan fingerprint density at radius 3 is 2.68 bits per heavy atom. The average molecular weight is 281 g/mol. The fraction of sp³-hybridized carbons (Fsp3) is 0.308. The van der Waals surface area contributed by atoms with Gasteiger partial charge in [-0.3, -0.25) is 4.79 Å². The second-order valence-corrected chi connectivity index (χ2v) is 6.81. The zero-order chi connectivity index (χ0) is 14.0. The minimum absolute atomic E-state index is 0.174. The minimum Gasteiger partial charge on any atom is -0.459 e. The van der Waals surface area contributed by atoms with Gasteiger partial charge in [0.25, 0.3) is 0 Å². The van der Waals surface area contributed by atoms with Crippen LogP contribution in [0.3, 0.4) is 0 Å². The Balaban J connectivity index is 2.05. The molecule has 1 atom stereocenters. The van der Waals surface area contributed by atoms with Crippen LogP contribution in [0.1, 0.15) is 12.7 Å². The number of amides is 1. The van der Waals surface area contributed by atoms with Gasteiger partial charge in [0.15, 0.2) is 9.84 Å². The molecule has 0 fully saturated rings. The predicted octanol–water partition coefficient (Wildman–Crippen LogP) is 1.48. The topological polar surface area (TPSA) is 76.4 Å². The maximum Gasteiger partial charge on any atom is 0.238 e. The van der Waals surface area contributed by atoms with Crippen molar-refractivity contribution in [2.24, 2.45) is 0 Å². The van der Waals surface area contributed by atoms with E-state index in [2.05, 4.69) is 5.32 Å². The first kappa shape index (κ1) is 13.6. The third-order valence-electron chi connectivity index (χ3n) is 2.92. The van der Waals surface area contributed by atoms with Gasteiger partial charge in [0.05, 0.1) is 6.54 Å². The van der Waals surface area contributed by atoms with Gasteiger partial charge in [0.2, 0.25) is 5.91 Å². The van der Waals surface area contributed by atoms with Crippen LogP contribution in [0.4, 0.5) is 0 Å². The van der Waals surface area contributed by atoms with Gasteiger partial charge in [-0.05, 0) is 19.1 Å². The molecule has 0 radical (unpaired) electrons. The largest absolute Gasteiger partial charge is 0.459 e. The Morgan fingerprint density at radius 1 is 1.37 bits per heavy atom. The van der Waals surface area contributed by atoms with Gasteiger partial charge in [0.1, 0.15) is 16.6 Å². The normalized spacial score (nSPS) is 13.4. The molecule has 19 heavy (non-hydrogen) atoms. The number of sulfone groups is 1. The van der Waals surface area contributed by atoms with Crippen LogP contribution in [-0.4, -0.2) is 25.8 Å². The molecule has 2 rings (SSSR count). The molecular weight excluding hydrogens is 266 g/mol. The van der Waals surface area contributed by atoms with E-state index in [-0.39, 0.29) is 6.54 Å². The molecule has 1 amide bonds. The first-order chi connectivity index (χ1) is 8.88. The Kier molecular flexibility index (Phi) is 3.61. The number of carbonyl (C=O) groups excluding carboxylic acids is 1. The van der Waals surface area contributed by atoms with Crippen LogP contribution in [0.5, 0.6) is 0 Å². The third-order valence-corrected chi connectivity index (χ3v) is 4.42. The van der Waals surface area contributed by atoms with Crippen LogP contribution >= 0.6 is 0 Å². The number of carbonyl (C=O) groups is 1. The summed E-state index contributed by atoms with van der Waals surface area (Å²) in [5, 5.41) is 2.44. The average Bonchev–Trinajstić information content (AvgIpc) is 2.76. The number of furan rings is 1. The molecule has 0 aliphatic carbocycles. The highest BCUT2D eigenvalue weighted by Gasteiger charge is 2.23. The molecule has 0 aliphatic heterocycles. The van der Waals surface area contributed by atoms with Crippen molar-refractivity contribution in [3.63, 3.8) is 0 Å². The van der Waals surface area contributed by atoms with Crippen molar-refractivity contribution in [1.82, 2.24) is 5.32 Å². The molecule has 102 valence electrons. The molecule has 6 heteroatoms. The first-order valence-corrected chi connectivity index (χ1v) is 7.77. The standard InChI is InChI=1S/C13H15NO4S/c1-9(19(2,16)17)13(15)14-8-11-7-10-5-3-4-6-12(10)18-11/h3-7,9H,8H2,1-2H3,(H,14,15)/t9-/m1/s1. The van der Waals surface area contributed by atoms with E-state index in [1.165, 1.54) is 6.92 Å². The van der Waals surface area contributed by atoms with E-state index >= 15 is 0 Å². The summed E-state index contributed by atoms with van der Waals surface area (Å²) in [5.41, 5.74) is 0.739. The summed E-state index contributed by atoms with van der Waals surface area (Å²) < 4.78 is 28.0. The highest BCUT2D eigenvalue weighted by Crippen LogP contribution is 2.18. The summed E-state index contributed by atoms with van der Waals surface area (Å²) in [6, 6.07) is 9.32. The smallest absolute Gasteiger partial charge is 0.238 e. The van der Waals surface area contributed by atoms with Crippen molar-refractivity contribution in [2.45, 2.75) is 18.7 Å². The number of fused-ring (bicyclic) bond motifs is 1. The van der Waals surface area contributed by atoms with Crippen molar-refractivity contribution in [2.75, 3.05) is 6.26 Å². The summed E-state index contributed by atoms with van der Waals surface area (Å²) in [5.74, 6) is 0.0678. The van der Waals surface area contributed by atoms with Gasteiger partial charge in [-0.1, -0.05) is 18.2 Å². The molecule has 0 saturated heterocycles. The van der Waals surface area contributed by atoms with E-state index in [0.717, 1.165) is 17.2 Å². The monoisotopic (exact) mass is 281 g/mol. The summed E-state index contributed by atoms with van der Waals surface area (Å²) in [7, 11) is -3.37. The van der Waals surface area contributed by atoms with Crippen molar-refractivity contribution < 1.29 is 17.6 Å². The lowest BCUT2D eigenvalue weighted by molar-refractivity contribution is -0.120. The van der Waals surface area contributed by atoms with E-state index in [4.69, 9.17) is 4.42 Å². The van der Waals surface area contributed by atoms with Crippen LogP contribution in [0.15, 0.2) is 34.7 Å². The van der Waals surface area contributed by atoms with Gasteiger partial charge in [-0.25, -0.2) is 8.42 Å². The maximum absolute atomic E-state index is 11.6. The summed E-state index contributed by atoms with van der Waals surface area (Å²) in [6.07, 6.45) is 1.04.